The highest BCUT2D eigenvalue weighted by molar-refractivity contribution is 5.88. The van der Waals surface area contributed by atoms with Crippen molar-refractivity contribution in [2.75, 3.05) is 7.05 Å². The summed E-state index contributed by atoms with van der Waals surface area (Å²) in [6.45, 7) is 6.43. The van der Waals surface area contributed by atoms with Crippen molar-refractivity contribution in [2.24, 2.45) is 4.99 Å². The number of fused-ring (bicyclic) bond motifs is 1. The molecule has 3 aromatic rings. The van der Waals surface area contributed by atoms with Gasteiger partial charge in [0.05, 0.1) is 11.0 Å². The number of nitrogens with zero attached hydrogens (tertiary/aromatic N) is 3. The molecule has 0 saturated heterocycles. The van der Waals surface area contributed by atoms with Gasteiger partial charge in [-0.3, -0.25) is 4.99 Å². The summed E-state index contributed by atoms with van der Waals surface area (Å²) in [5.41, 5.74) is 5.35. The molecule has 0 bridgehead atoms. The first-order valence-corrected chi connectivity index (χ1v) is 8.41. The van der Waals surface area contributed by atoms with Crippen LogP contribution in [0.5, 0.6) is 0 Å². The van der Waals surface area contributed by atoms with Gasteiger partial charge in [-0.1, -0.05) is 29.8 Å². The third-order valence-corrected chi connectivity index (χ3v) is 4.24. The summed E-state index contributed by atoms with van der Waals surface area (Å²) in [5, 5.41) is 0. The largest absolute Gasteiger partial charge is 0.324 e. The molecule has 0 N–H and O–H groups in total. The molecule has 1 heterocycles. The molecule has 0 aliphatic heterocycles. The van der Waals surface area contributed by atoms with Crippen LogP contribution < -0.4 is 0 Å². The van der Waals surface area contributed by atoms with Crippen LogP contribution in [-0.4, -0.2) is 22.8 Å². The molecule has 0 saturated carbocycles. The Bertz CT molecular complexity index is 1030. The van der Waals surface area contributed by atoms with Crippen molar-refractivity contribution >= 4 is 23.3 Å². The van der Waals surface area contributed by atoms with E-state index in [-0.39, 0.29) is 0 Å². The second kappa shape index (κ2) is 7.20. The number of hydrogen-bond acceptors (Lipinski definition) is 2. The van der Waals surface area contributed by atoms with E-state index in [1.54, 1.807) is 7.05 Å². The number of hydrogen-bond donors (Lipinski definition) is 0. The van der Waals surface area contributed by atoms with Crippen LogP contribution in [0.15, 0.2) is 40.9 Å². The molecule has 0 aliphatic rings. The highest BCUT2D eigenvalue weighted by Crippen LogP contribution is 2.23. The Kier molecular flexibility index (Phi) is 4.98. The predicted molar refractivity (Wildman–Crippen MR) is 103 cm³/mol. The van der Waals surface area contributed by atoms with Crippen molar-refractivity contribution < 1.29 is 8.78 Å². The van der Waals surface area contributed by atoms with Crippen LogP contribution >= 0.6 is 0 Å². The summed E-state index contributed by atoms with van der Waals surface area (Å²) >= 11 is 0. The van der Waals surface area contributed by atoms with Crippen LogP contribution in [0.25, 0.3) is 17.1 Å². The molecule has 5 heteroatoms. The summed E-state index contributed by atoms with van der Waals surface area (Å²) in [7, 11) is 1.74. The van der Waals surface area contributed by atoms with Crippen LogP contribution in [0.4, 0.5) is 8.78 Å². The maximum Gasteiger partial charge on any atom is 0.161 e. The summed E-state index contributed by atoms with van der Waals surface area (Å²) in [5.74, 6) is -1.05. The zero-order valence-corrected chi connectivity index (χ0v) is 15.3. The quantitative estimate of drug-likeness (QED) is 0.597. The van der Waals surface area contributed by atoms with E-state index in [9.17, 15) is 8.78 Å². The van der Waals surface area contributed by atoms with Gasteiger partial charge in [-0.25, -0.2) is 13.8 Å². The molecule has 134 valence electrons. The Morgan fingerprint density at radius 2 is 1.92 bits per heavy atom. The van der Waals surface area contributed by atoms with Gasteiger partial charge in [0.25, 0.3) is 0 Å². The van der Waals surface area contributed by atoms with Gasteiger partial charge in [-0.15, -0.1) is 0 Å². The lowest BCUT2D eigenvalue weighted by atomic mass is 10.00. The molecule has 0 fully saturated rings. The summed E-state index contributed by atoms with van der Waals surface area (Å²) in [4.78, 5) is 8.55. The van der Waals surface area contributed by atoms with Crippen molar-refractivity contribution in [3.63, 3.8) is 0 Å². The second-order valence-electron chi connectivity index (χ2n) is 6.53. The van der Waals surface area contributed by atoms with Crippen LogP contribution in [0, 0.1) is 18.6 Å². The monoisotopic (exact) mass is 353 g/mol. The SMILES string of the molecule is C/N=C\c1c(C=C(C)C)cccc1Cn1c(C)nc2cc(F)c(F)cc21. The van der Waals surface area contributed by atoms with E-state index in [1.807, 2.05) is 49.8 Å². The third kappa shape index (κ3) is 3.43. The van der Waals surface area contributed by atoms with Crippen molar-refractivity contribution in [3.05, 3.63) is 70.1 Å². The smallest absolute Gasteiger partial charge is 0.161 e. The first-order valence-electron chi connectivity index (χ1n) is 8.41. The molecule has 0 unspecified atom stereocenters. The van der Waals surface area contributed by atoms with Gasteiger partial charge in [0.15, 0.2) is 11.6 Å². The Balaban J connectivity index is 2.15. The zero-order chi connectivity index (χ0) is 18.8. The number of aliphatic imine (C=N–C) groups is 1. The predicted octanol–water partition coefficient (Wildman–Crippen LogP) is 5.14. The lowest BCUT2D eigenvalue weighted by molar-refractivity contribution is 0.510. The molecule has 0 spiro atoms. The number of allylic oxidation sites excluding steroid dienone is 1. The average molecular weight is 353 g/mol. The molecular formula is C21H21F2N3. The van der Waals surface area contributed by atoms with Crippen molar-refractivity contribution in [1.29, 1.82) is 0 Å². The maximum absolute atomic E-state index is 13.7. The van der Waals surface area contributed by atoms with Gasteiger partial charge in [0.1, 0.15) is 5.82 Å². The minimum absolute atomic E-state index is 0.451. The number of rotatable bonds is 4. The molecule has 26 heavy (non-hydrogen) atoms. The number of benzene rings is 2. The number of halogens is 2. The molecule has 0 atom stereocenters. The molecular weight excluding hydrogens is 332 g/mol. The maximum atomic E-state index is 13.7. The fraction of sp³-hybridized carbons (Fsp3) is 0.238. The standard InChI is InChI=1S/C21H21F2N3/c1-13(2)8-15-6-5-7-16(17(15)11-24-4)12-26-14(3)25-20-9-18(22)19(23)10-21(20)26/h5-11H,12H2,1-4H3/b24-11-. The Morgan fingerprint density at radius 1 is 1.19 bits per heavy atom. The zero-order valence-electron chi connectivity index (χ0n) is 15.3. The average Bonchev–Trinajstić information content (AvgIpc) is 2.86. The van der Waals surface area contributed by atoms with E-state index < -0.39 is 11.6 Å². The highest BCUT2D eigenvalue weighted by atomic mass is 19.2. The van der Waals surface area contributed by atoms with Crippen molar-refractivity contribution in [2.45, 2.75) is 27.3 Å². The van der Waals surface area contributed by atoms with E-state index in [0.29, 0.717) is 23.4 Å². The normalized spacial score (nSPS) is 11.5. The summed E-state index contributed by atoms with van der Waals surface area (Å²) < 4.78 is 29.1. The molecule has 2 aromatic carbocycles. The van der Waals surface area contributed by atoms with Crippen molar-refractivity contribution in [1.82, 2.24) is 9.55 Å². The van der Waals surface area contributed by atoms with Gasteiger partial charge in [0, 0.05) is 37.5 Å². The fourth-order valence-corrected chi connectivity index (χ4v) is 3.10. The van der Waals surface area contributed by atoms with Gasteiger partial charge < -0.3 is 4.57 Å². The Labute approximate surface area is 151 Å². The second-order valence-corrected chi connectivity index (χ2v) is 6.53. The highest BCUT2D eigenvalue weighted by Gasteiger charge is 2.14. The van der Waals surface area contributed by atoms with Crippen LogP contribution in [-0.2, 0) is 6.54 Å². The number of imidazole rings is 1. The number of aromatic nitrogens is 2. The molecule has 0 amide bonds. The van der Waals surface area contributed by atoms with Crippen LogP contribution in [0.2, 0.25) is 0 Å². The van der Waals surface area contributed by atoms with Gasteiger partial charge in [-0.2, -0.15) is 0 Å². The molecule has 3 nitrogen and oxygen atoms in total. The van der Waals surface area contributed by atoms with E-state index in [2.05, 4.69) is 16.1 Å². The van der Waals surface area contributed by atoms with E-state index in [4.69, 9.17) is 0 Å². The van der Waals surface area contributed by atoms with Crippen LogP contribution in [0.3, 0.4) is 0 Å². The minimum Gasteiger partial charge on any atom is -0.324 e. The third-order valence-electron chi connectivity index (χ3n) is 4.24. The van der Waals surface area contributed by atoms with Gasteiger partial charge in [-0.05, 0) is 31.9 Å². The molecule has 0 aliphatic carbocycles. The van der Waals surface area contributed by atoms with E-state index >= 15 is 0 Å². The molecule has 1 aromatic heterocycles. The van der Waals surface area contributed by atoms with Gasteiger partial charge in [0.2, 0.25) is 0 Å². The Morgan fingerprint density at radius 3 is 2.62 bits per heavy atom. The van der Waals surface area contributed by atoms with E-state index in [0.717, 1.165) is 22.8 Å². The topological polar surface area (TPSA) is 30.2 Å². The minimum atomic E-state index is -0.883. The van der Waals surface area contributed by atoms with Crippen LogP contribution in [0.1, 0.15) is 36.4 Å². The van der Waals surface area contributed by atoms with E-state index in [1.165, 1.54) is 11.6 Å². The summed E-state index contributed by atoms with van der Waals surface area (Å²) in [6.07, 6.45) is 3.94. The lowest BCUT2D eigenvalue weighted by Gasteiger charge is -2.13. The van der Waals surface area contributed by atoms with Crippen molar-refractivity contribution in [3.8, 4) is 0 Å². The van der Waals surface area contributed by atoms with Gasteiger partial charge >= 0.3 is 0 Å². The molecule has 3 rings (SSSR count). The molecule has 0 radical (unpaired) electrons. The Hall–Kier alpha value is -2.82. The number of aryl methyl sites for hydroxylation is 1. The first kappa shape index (κ1) is 18.0. The summed E-state index contributed by atoms with van der Waals surface area (Å²) in [6, 6.07) is 8.40. The first-order chi connectivity index (χ1) is 12.4. The fourth-order valence-electron chi connectivity index (χ4n) is 3.10. The lowest BCUT2D eigenvalue weighted by Crippen LogP contribution is -2.06.